The molecule has 142 valence electrons. The highest BCUT2D eigenvalue weighted by atomic mass is 32.2. The third-order valence-electron chi connectivity index (χ3n) is 4.97. The Kier molecular flexibility index (Phi) is 4.61. The maximum Gasteiger partial charge on any atom is 0.250 e. The SMILES string of the molecule is Cc1ccc(C)c(S(=O)(=O)N2CCC(c3nnc(-c4ccoc4)o3)CC2)c1. The summed E-state index contributed by atoms with van der Waals surface area (Å²) >= 11 is 0. The first-order valence-electron chi connectivity index (χ1n) is 8.88. The van der Waals surface area contributed by atoms with E-state index >= 15 is 0 Å². The molecule has 0 bridgehead atoms. The summed E-state index contributed by atoms with van der Waals surface area (Å²) in [5, 5.41) is 8.20. The number of hydrogen-bond donors (Lipinski definition) is 0. The largest absolute Gasteiger partial charge is 0.472 e. The van der Waals surface area contributed by atoms with Gasteiger partial charge in [0.25, 0.3) is 5.89 Å². The second-order valence-electron chi connectivity index (χ2n) is 6.90. The van der Waals surface area contributed by atoms with E-state index in [2.05, 4.69) is 10.2 Å². The van der Waals surface area contributed by atoms with Gasteiger partial charge in [-0.25, -0.2) is 8.42 Å². The average molecular weight is 387 g/mol. The van der Waals surface area contributed by atoms with Crippen LogP contribution in [0.2, 0.25) is 0 Å². The van der Waals surface area contributed by atoms with Gasteiger partial charge in [0, 0.05) is 19.0 Å². The highest BCUT2D eigenvalue weighted by Crippen LogP contribution is 2.32. The van der Waals surface area contributed by atoms with Crippen molar-refractivity contribution in [1.29, 1.82) is 0 Å². The predicted octanol–water partition coefficient (Wildman–Crippen LogP) is 3.51. The first kappa shape index (κ1) is 17.9. The van der Waals surface area contributed by atoms with Crippen LogP contribution in [0.4, 0.5) is 0 Å². The maximum atomic E-state index is 13.0. The fraction of sp³-hybridized carbons (Fsp3) is 0.368. The number of piperidine rings is 1. The normalized spacial score (nSPS) is 16.7. The van der Waals surface area contributed by atoms with Crippen molar-refractivity contribution < 1.29 is 17.3 Å². The monoisotopic (exact) mass is 387 g/mol. The van der Waals surface area contributed by atoms with Crippen LogP contribution in [0, 0.1) is 13.8 Å². The highest BCUT2D eigenvalue weighted by molar-refractivity contribution is 7.89. The Bertz CT molecular complexity index is 1030. The molecule has 8 heteroatoms. The average Bonchev–Trinajstić information content (AvgIpc) is 3.35. The first-order chi connectivity index (χ1) is 12.9. The Morgan fingerprint density at radius 2 is 1.89 bits per heavy atom. The topological polar surface area (TPSA) is 89.4 Å². The zero-order valence-electron chi connectivity index (χ0n) is 15.3. The summed E-state index contributed by atoms with van der Waals surface area (Å²) in [6, 6.07) is 7.28. The summed E-state index contributed by atoms with van der Waals surface area (Å²) < 4.78 is 38.4. The lowest BCUT2D eigenvalue weighted by atomic mass is 9.98. The van der Waals surface area contributed by atoms with Crippen LogP contribution in [-0.4, -0.2) is 36.0 Å². The van der Waals surface area contributed by atoms with E-state index in [9.17, 15) is 8.42 Å². The Morgan fingerprint density at radius 1 is 1.11 bits per heavy atom. The molecule has 4 rings (SSSR count). The van der Waals surface area contributed by atoms with Gasteiger partial charge in [-0.05, 0) is 49.9 Å². The van der Waals surface area contributed by atoms with Gasteiger partial charge in [0.15, 0.2) is 0 Å². The number of benzene rings is 1. The quantitative estimate of drug-likeness (QED) is 0.680. The summed E-state index contributed by atoms with van der Waals surface area (Å²) in [7, 11) is -3.50. The molecule has 7 nitrogen and oxygen atoms in total. The van der Waals surface area contributed by atoms with Crippen molar-refractivity contribution in [2.45, 2.75) is 37.5 Å². The van der Waals surface area contributed by atoms with Crippen molar-refractivity contribution in [3.8, 4) is 11.5 Å². The highest BCUT2D eigenvalue weighted by Gasteiger charge is 2.33. The number of rotatable bonds is 4. The smallest absolute Gasteiger partial charge is 0.250 e. The van der Waals surface area contributed by atoms with Crippen LogP contribution in [0.5, 0.6) is 0 Å². The van der Waals surface area contributed by atoms with E-state index in [1.807, 2.05) is 26.0 Å². The van der Waals surface area contributed by atoms with Gasteiger partial charge in [0.05, 0.1) is 16.7 Å². The summed E-state index contributed by atoms with van der Waals surface area (Å²) in [5.41, 5.74) is 2.44. The van der Waals surface area contributed by atoms with Gasteiger partial charge >= 0.3 is 0 Å². The maximum absolute atomic E-state index is 13.0. The van der Waals surface area contributed by atoms with E-state index in [4.69, 9.17) is 8.83 Å². The molecule has 0 unspecified atom stereocenters. The minimum Gasteiger partial charge on any atom is -0.472 e. The van der Waals surface area contributed by atoms with Crippen molar-refractivity contribution in [3.63, 3.8) is 0 Å². The van der Waals surface area contributed by atoms with Crippen molar-refractivity contribution in [2.24, 2.45) is 0 Å². The molecule has 3 aromatic rings. The third kappa shape index (κ3) is 3.42. The Hall–Kier alpha value is -2.45. The van der Waals surface area contributed by atoms with Crippen LogP contribution in [0.3, 0.4) is 0 Å². The summed E-state index contributed by atoms with van der Waals surface area (Å²) in [4.78, 5) is 0.390. The molecule has 2 aromatic heterocycles. The molecule has 0 aliphatic carbocycles. The second kappa shape index (κ2) is 6.94. The molecule has 0 spiro atoms. The number of nitrogens with zero attached hydrogens (tertiary/aromatic N) is 3. The lowest BCUT2D eigenvalue weighted by Gasteiger charge is -2.30. The van der Waals surface area contributed by atoms with Crippen LogP contribution in [-0.2, 0) is 10.0 Å². The summed E-state index contributed by atoms with van der Waals surface area (Å²) in [6.45, 7) is 4.60. The number of furan rings is 1. The molecule has 0 saturated carbocycles. The van der Waals surface area contributed by atoms with Crippen LogP contribution in [0.15, 0.2) is 50.5 Å². The molecule has 0 atom stereocenters. The molecule has 1 aromatic carbocycles. The van der Waals surface area contributed by atoms with Gasteiger partial charge in [-0.3, -0.25) is 0 Å². The van der Waals surface area contributed by atoms with Crippen LogP contribution < -0.4 is 0 Å². The summed E-state index contributed by atoms with van der Waals surface area (Å²) in [5.74, 6) is 1.03. The van der Waals surface area contributed by atoms with Crippen LogP contribution in [0.25, 0.3) is 11.5 Å². The van der Waals surface area contributed by atoms with Gasteiger partial charge in [0.2, 0.25) is 15.9 Å². The molecule has 0 amide bonds. The number of aryl methyl sites for hydroxylation is 2. The molecule has 1 aliphatic rings. The van der Waals surface area contributed by atoms with Gasteiger partial charge in [-0.1, -0.05) is 12.1 Å². The first-order valence-corrected chi connectivity index (χ1v) is 10.3. The molecular weight excluding hydrogens is 366 g/mol. The molecule has 27 heavy (non-hydrogen) atoms. The van der Waals surface area contributed by atoms with E-state index < -0.39 is 10.0 Å². The lowest BCUT2D eigenvalue weighted by molar-refractivity contribution is 0.291. The van der Waals surface area contributed by atoms with Gasteiger partial charge in [-0.2, -0.15) is 4.31 Å². The number of hydrogen-bond acceptors (Lipinski definition) is 6. The zero-order chi connectivity index (χ0) is 19.0. The van der Waals surface area contributed by atoms with Gasteiger partial charge in [0.1, 0.15) is 6.26 Å². The number of aromatic nitrogens is 2. The molecule has 1 fully saturated rings. The standard InChI is InChI=1S/C19H21N3O4S/c1-13-3-4-14(2)17(11-13)27(23,24)22-8-5-15(6-9-22)18-20-21-19(26-18)16-7-10-25-12-16/h3-4,7,10-12,15H,5-6,8-9H2,1-2H3. The zero-order valence-corrected chi connectivity index (χ0v) is 16.1. The molecule has 3 heterocycles. The van der Waals surface area contributed by atoms with E-state index in [-0.39, 0.29) is 5.92 Å². The predicted molar refractivity (Wildman–Crippen MR) is 98.6 cm³/mol. The fourth-order valence-electron chi connectivity index (χ4n) is 3.37. The Labute approximate surface area is 158 Å². The van der Waals surface area contributed by atoms with E-state index in [0.29, 0.717) is 42.6 Å². The molecule has 1 saturated heterocycles. The van der Waals surface area contributed by atoms with E-state index in [1.54, 1.807) is 29.0 Å². The Balaban J connectivity index is 1.48. The number of sulfonamides is 1. The van der Waals surface area contributed by atoms with Gasteiger partial charge < -0.3 is 8.83 Å². The molecular formula is C19H21N3O4S. The Morgan fingerprint density at radius 3 is 2.59 bits per heavy atom. The van der Waals surface area contributed by atoms with Crippen molar-refractivity contribution in [1.82, 2.24) is 14.5 Å². The van der Waals surface area contributed by atoms with Gasteiger partial charge in [-0.15, -0.1) is 10.2 Å². The summed E-state index contributed by atoms with van der Waals surface area (Å²) in [6.07, 6.45) is 4.40. The second-order valence-corrected chi connectivity index (χ2v) is 8.81. The molecule has 1 aliphatic heterocycles. The minimum atomic E-state index is -3.50. The van der Waals surface area contributed by atoms with Crippen LogP contribution in [0.1, 0.15) is 35.8 Å². The van der Waals surface area contributed by atoms with Crippen molar-refractivity contribution in [3.05, 3.63) is 53.8 Å². The van der Waals surface area contributed by atoms with Crippen LogP contribution >= 0.6 is 0 Å². The lowest BCUT2D eigenvalue weighted by Crippen LogP contribution is -2.38. The fourth-order valence-corrected chi connectivity index (χ4v) is 5.15. The molecule has 0 N–H and O–H groups in total. The van der Waals surface area contributed by atoms with E-state index in [1.165, 1.54) is 0 Å². The molecule has 0 radical (unpaired) electrons. The van der Waals surface area contributed by atoms with Crippen molar-refractivity contribution >= 4 is 10.0 Å². The van der Waals surface area contributed by atoms with Crippen molar-refractivity contribution in [2.75, 3.05) is 13.1 Å². The minimum absolute atomic E-state index is 0.0585. The van der Waals surface area contributed by atoms with E-state index in [0.717, 1.165) is 16.7 Å². The third-order valence-corrected chi connectivity index (χ3v) is 7.01.